The number of carboxylic acids is 1. The van der Waals surface area contributed by atoms with Crippen molar-refractivity contribution < 1.29 is 19.5 Å². The van der Waals surface area contributed by atoms with Gasteiger partial charge in [0.15, 0.2) is 0 Å². The van der Waals surface area contributed by atoms with Gasteiger partial charge in [-0.3, -0.25) is 19.8 Å². The van der Waals surface area contributed by atoms with E-state index in [-0.39, 0.29) is 18.4 Å². The van der Waals surface area contributed by atoms with Gasteiger partial charge in [0, 0.05) is 6.54 Å². The highest BCUT2D eigenvalue weighted by Crippen LogP contribution is 2.16. The monoisotopic (exact) mass is 271 g/mol. The van der Waals surface area contributed by atoms with Crippen molar-refractivity contribution in [3.8, 4) is 0 Å². The number of nitrogens with zero attached hydrogens (tertiary/aromatic N) is 1. The second kappa shape index (κ2) is 7.73. The summed E-state index contributed by atoms with van der Waals surface area (Å²) < 4.78 is 0. The van der Waals surface area contributed by atoms with Crippen LogP contribution in [0.25, 0.3) is 0 Å². The van der Waals surface area contributed by atoms with Gasteiger partial charge in [-0.25, -0.2) is 4.79 Å². The molecule has 7 heteroatoms. The molecule has 0 aromatic heterocycles. The number of likely N-dealkylation sites (tertiary alicyclic amines) is 1. The molecule has 19 heavy (non-hydrogen) atoms. The summed E-state index contributed by atoms with van der Waals surface area (Å²) in [6.45, 7) is 3.73. The average molecular weight is 271 g/mol. The molecule has 1 fully saturated rings. The van der Waals surface area contributed by atoms with Crippen LogP contribution in [0.4, 0.5) is 4.79 Å². The third kappa shape index (κ3) is 5.69. The molecule has 0 saturated carbocycles. The molecule has 0 bridgehead atoms. The Labute approximate surface area is 112 Å². The lowest BCUT2D eigenvalue weighted by atomic mass is 9.97. The molecule has 0 aromatic carbocycles. The lowest BCUT2D eigenvalue weighted by molar-refractivity contribution is -0.143. The van der Waals surface area contributed by atoms with Crippen molar-refractivity contribution in [1.29, 1.82) is 0 Å². The number of nitrogens with one attached hydrogen (secondary N) is 2. The van der Waals surface area contributed by atoms with Crippen LogP contribution in [0.2, 0.25) is 0 Å². The minimum absolute atomic E-state index is 0.131. The van der Waals surface area contributed by atoms with Crippen LogP contribution in [0.3, 0.4) is 0 Å². The summed E-state index contributed by atoms with van der Waals surface area (Å²) in [5, 5.41) is 13.7. The van der Waals surface area contributed by atoms with Crippen LogP contribution in [0.15, 0.2) is 0 Å². The molecular weight excluding hydrogens is 250 g/mol. The Kier molecular flexibility index (Phi) is 6.27. The first-order valence-corrected chi connectivity index (χ1v) is 6.55. The van der Waals surface area contributed by atoms with Crippen LogP contribution < -0.4 is 10.6 Å². The van der Waals surface area contributed by atoms with E-state index < -0.39 is 12.0 Å². The van der Waals surface area contributed by atoms with E-state index in [2.05, 4.69) is 10.6 Å². The zero-order chi connectivity index (χ0) is 14.3. The van der Waals surface area contributed by atoms with E-state index in [1.54, 1.807) is 0 Å². The van der Waals surface area contributed by atoms with Crippen molar-refractivity contribution in [1.82, 2.24) is 15.5 Å². The fraction of sp³-hybridized carbons (Fsp3) is 0.750. The van der Waals surface area contributed by atoms with E-state index in [0.717, 1.165) is 6.42 Å². The molecule has 3 N–H and O–H groups in total. The molecule has 0 spiro atoms. The maximum atomic E-state index is 11.6. The van der Waals surface area contributed by atoms with Crippen molar-refractivity contribution in [2.45, 2.75) is 26.2 Å². The van der Waals surface area contributed by atoms with Gasteiger partial charge in [-0.15, -0.1) is 0 Å². The van der Waals surface area contributed by atoms with Crippen molar-refractivity contribution in [2.75, 3.05) is 26.2 Å². The summed E-state index contributed by atoms with van der Waals surface area (Å²) in [6, 6.07) is -0.479. The molecule has 1 heterocycles. The molecule has 1 saturated heterocycles. The third-order valence-electron chi connectivity index (χ3n) is 3.09. The van der Waals surface area contributed by atoms with Crippen molar-refractivity contribution >= 4 is 17.9 Å². The Morgan fingerprint density at radius 1 is 1.26 bits per heavy atom. The molecule has 0 aliphatic carbocycles. The van der Waals surface area contributed by atoms with E-state index >= 15 is 0 Å². The molecule has 0 unspecified atom stereocenters. The Balaban J connectivity index is 2.23. The van der Waals surface area contributed by atoms with E-state index in [1.807, 2.05) is 11.8 Å². The van der Waals surface area contributed by atoms with E-state index in [9.17, 15) is 14.4 Å². The number of rotatable bonds is 5. The van der Waals surface area contributed by atoms with E-state index in [1.165, 1.54) is 0 Å². The predicted octanol–water partition coefficient (Wildman–Crippen LogP) is 0.0188. The number of carbonyl (C=O) groups is 3. The van der Waals surface area contributed by atoms with Crippen molar-refractivity contribution in [3.63, 3.8) is 0 Å². The lowest BCUT2D eigenvalue weighted by Gasteiger charge is -2.29. The number of hydrogen-bond donors (Lipinski definition) is 3. The summed E-state index contributed by atoms with van der Waals surface area (Å²) in [5.41, 5.74) is 0. The summed E-state index contributed by atoms with van der Waals surface area (Å²) in [6.07, 6.45) is 1.90. The molecule has 0 atom stereocenters. The van der Waals surface area contributed by atoms with Gasteiger partial charge >= 0.3 is 12.0 Å². The quantitative estimate of drug-likeness (QED) is 0.654. The Morgan fingerprint density at radius 2 is 1.89 bits per heavy atom. The lowest BCUT2D eigenvalue weighted by Crippen LogP contribution is -2.46. The first-order chi connectivity index (χ1) is 9.02. The largest absolute Gasteiger partial charge is 0.481 e. The summed E-state index contributed by atoms with van der Waals surface area (Å²) in [4.78, 5) is 35.5. The number of imide groups is 1. The summed E-state index contributed by atoms with van der Waals surface area (Å²) in [7, 11) is 0. The molecule has 3 amide bonds. The first kappa shape index (κ1) is 15.4. The number of hydrogen-bond acceptors (Lipinski definition) is 4. The van der Waals surface area contributed by atoms with Gasteiger partial charge < -0.3 is 10.4 Å². The molecule has 108 valence electrons. The number of aliphatic carboxylic acids is 1. The molecule has 0 aromatic rings. The smallest absolute Gasteiger partial charge is 0.321 e. The van der Waals surface area contributed by atoms with Crippen LogP contribution >= 0.6 is 0 Å². The van der Waals surface area contributed by atoms with Crippen molar-refractivity contribution in [3.05, 3.63) is 0 Å². The van der Waals surface area contributed by atoms with Gasteiger partial charge in [-0.05, 0) is 32.4 Å². The van der Waals surface area contributed by atoms with Gasteiger partial charge in [-0.1, -0.05) is 6.92 Å². The van der Waals surface area contributed by atoms with Gasteiger partial charge in [0.2, 0.25) is 5.91 Å². The Bertz CT molecular complexity index is 338. The van der Waals surface area contributed by atoms with E-state index in [4.69, 9.17) is 5.11 Å². The zero-order valence-corrected chi connectivity index (χ0v) is 11.1. The maximum absolute atomic E-state index is 11.6. The van der Waals surface area contributed by atoms with Gasteiger partial charge in [0.1, 0.15) is 0 Å². The molecular formula is C12H21N3O4. The number of carboxylic acid groups (broad SMARTS) is 1. The normalized spacial score (nSPS) is 16.9. The second-order valence-corrected chi connectivity index (χ2v) is 4.69. The predicted molar refractivity (Wildman–Crippen MR) is 68.6 cm³/mol. The highest BCUT2D eigenvalue weighted by molar-refractivity contribution is 5.95. The minimum atomic E-state index is -0.775. The van der Waals surface area contributed by atoms with Gasteiger partial charge in [0.05, 0.1) is 12.5 Å². The minimum Gasteiger partial charge on any atom is -0.481 e. The fourth-order valence-electron chi connectivity index (χ4n) is 1.99. The standard InChI is InChI=1S/C12H21N3O4/c1-2-5-13-12(19)14-10(16)8-15-6-3-9(4-7-15)11(17)18/h9H,2-8H2,1H3,(H,17,18)(H2,13,14,16,19). The second-order valence-electron chi connectivity index (χ2n) is 4.69. The summed E-state index contributed by atoms with van der Waals surface area (Å²) >= 11 is 0. The fourth-order valence-corrected chi connectivity index (χ4v) is 1.99. The third-order valence-corrected chi connectivity index (χ3v) is 3.09. The summed E-state index contributed by atoms with van der Waals surface area (Å²) in [5.74, 6) is -1.45. The highest BCUT2D eigenvalue weighted by atomic mass is 16.4. The molecule has 1 aliphatic rings. The van der Waals surface area contributed by atoms with Gasteiger partial charge in [-0.2, -0.15) is 0 Å². The first-order valence-electron chi connectivity index (χ1n) is 6.55. The number of carbonyl (C=O) groups excluding carboxylic acids is 2. The van der Waals surface area contributed by atoms with Crippen LogP contribution in [-0.4, -0.2) is 54.1 Å². The molecule has 1 rings (SSSR count). The maximum Gasteiger partial charge on any atom is 0.321 e. The topological polar surface area (TPSA) is 98.7 Å². The molecule has 7 nitrogen and oxygen atoms in total. The van der Waals surface area contributed by atoms with Crippen molar-refractivity contribution in [2.24, 2.45) is 5.92 Å². The number of amides is 3. The van der Waals surface area contributed by atoms with Crippen LogP contribution in [0.5, 0.6) is 0 Å². The van der Waals surface area contributed by atoms with Crippen LogP contribution in [-0.2, 0) is 9.59 Å². The van der Waals surface area contributed by atoms with Crippen LogP contribution in [0.1, 0.15) is 26.2 Å². The zero-order valence-electron chi connectivity index (χ0n) is 11.1. The van der Waals surface area contributed by atoms with E-state index in [0.29, 0.717) is 32.5 Å². The molecule has 1 aliphatic heterocycles. The number of piperidine rings is 1. The van der Waals surface area contributed by atoms with Gasteiger partial charge in [0.25, 0.3) is 0 Å². The molecule has 0 radical (unpaired) electrons. The highest BCUT2D eigenvalue weighted by Gasteiger charge is 2.25. The SMILES string of the molecule is CCCNC(=O)NC(=O)CN1CCC(C(=O)O)CC1. The Hall–Kier alpha value is -1.63. The number of urea groups is 1. The average Bonchev–Trinajstić information content (AvgIpc) is 2.36. The van der Waals surface area contributed by atoms with Crippen LogP contribution in [0, 0.1) is 5.92 Å². The Morgan fingerprint density at radius 3 is 2.42 bits per heavy atom.